The van der Waals surface area contributed by atoms with Gasteiger partial charge in [0.1, 0.15) is 16.5 Å². The van der Waals surface area contributed by atoms with Gasteiger partial charge in [-0.05, 0) is 12.1 Å². The zero-order chi connectivity index (χ0) is 10.8. The molecule has 0 aliphatic carbocycles. The van der Waals surface area contributed by atoms with Crippen LogP contribution in [0.4, 0.5) is 0 Å². The second kappa shape index (κ2) is 3.82. The maximum Gasteiger partial charge on any atom is 0.229 e. The van der Waals surface area contributed by atoms with Gasteiger partial charge in [0.15, 0.2) is 0 Å². The zero-order valence-electron chi connectivity index (χ0n) is 8.01. The molecule has 5 heteroatoms. The largest absolute Gasteiger partial charge is 0.331 e. The molecule has 0 amide bonds. The minimum atomic E-state index is -0.183. The predicted octanol–water partition coefficient (Wildman–Crippen LogP) is 1.70. The van der Waals surface area contributed by atoms with Crippen molar-refractivity contribution in [1.82, 2.24) is 14.5 Å². The molecule has 0 spiro atoms. The molecule has 0 saturated heterocycles. The van der Waals surface area contributed by atoms with Crippen LogP contribution in [0, 0.1) is 0 Å². The van der Waals surface area contributed by atoms with Crippen LogP contribution in [0.2, 0.25) is 5.15 Å². The quantitative estimate of drug-likeness (QED) is 0.573. The molecular weight excluding hydrogens is 214 g/mol. The first-order chi connectivity index (χ1) is 7.18. The summed E-state index contributed by atoms with van der Waals surface area (Å²) in [5.41, 5.74) is 0.816. The van der Waals surface area contributed by atoms with Crippen molar-refractivity contribution in [2.45, 2.75) is 0 Å². The summed E-state index contributed by atoms with van der Waals surface area (Å²) in [4.78, 5) is 19.7. The summed E-state index contributed by atoms with van der Waals surface area (Å²) in [5.74, 6) is -0.183. The number of pyridine rings is 1. The molecule has 4 nitrogen and oxygen atoms in total. The fourth-order valence-corrected chi connectivity index (χ4v) is 1.41. The van der Waals surface area contributed by atoms with Gasteiger partial charge in [0.05, 0.1) is 12.5 Å². The van der Waals surface area contributed by atoms with Gasteiger partial charge in [-0.3, -0.25) is 4.79 Å². The van der Waals surface area contributed by atoms with E-state index in [4.69, 9.17) is 11.6 Å². The molecule has 76 valence electrons. The smallest absolute Gasteiger partial charge is 0.229 e. The maximum absolute atomic E-state index is 11.9. The van der Waals surface area contributed by atoms with Crippen LogP contribution in [0.3, 0.4) is 0 Å². The number of imidazole rings is 1. The second-order valence-electron chi connectivity index (χ2n) is 3.06. The van der Waals surface area contributed by atoms with Crippen molar-refractivity contribution in [3.05, 3.63) is 47.3 Å². The topological polar surface area (TPSA) is 47.8 Å². The standard InChI is InChI=1S/C10H8ClN3O/c1-14-6-12-5-8(14)10(15)7-3-2-4-9(11)13-7/h2-6H,1H3. The third kappa shape index (κ3) is 1.89. The lowest BCUT2D eigenvalue weighted by atomic mass is 10.2. The van der Waals surface area contributed by atoms with Gasteiger partial charge < -0.3 is 4.57 Å². The number of aryl methyl sites for hydroxylation is 1. The molecule has 2 aromatic heterocycles. The Morgan fingerprint density at radius 2 is 2.27 bits per heavy atom. The fraction of sp³-hybridized carbons (Fsp3) is 0.100. The summed E-state index contributed by atoms with van der Waals surface area (Å²) in [6, 6.07) is 4.95. The third-order valence-electron chi connectivity index (χ3n) is 2.00. The molecule has 0 aromatic carbocycles. The Morgan fingerprint density at radius 3 is 2.87 bits per heavy atom. The van der Waals surface area contributed by atoms with E-state index in [1.54, 1.807) is 36.1 Å². The molecule has 2 rings (SSSR count). The van der Waals surface area contributed by atoms with E-state index < -0.39 is 0 Å². The van der Waals surface area contributed by atoms with E-state index in [1.165, 1.54) is 6.20 Å². The van der Waals surface area contributed by atoms with Gasteiger partial charge >= 0.3 is 0 Å². The maximum atomic E-state index is 11.9. The molecule has 0 aliphatic rings. The zero-order valence-corrected chi connectivity index (χ0v) is 8.77. The van der Waals surface area contributed by atoms with Gasteiger partial charge in [-0.2, -0.15) is 0 Å². The number of carbonyl (C=O) groups excluding carboxylic acids is 1. The van der Waals surface area contributed by atoms with Crippen LogP contribution in [0.25, 0.3) is 0 Å². The molecule has 15 heavy (non-hydrogen) atoms. The SMILES string of the molecule is Cn1cncc1C(=O)c1cccc(Cl)n1. The molecule has 0 atom stereocenters. The molecular formula is C10H8ClN3O. The number of rotatable bonds is 2. The molecule has 2 aromatic rings. The van der Waals surface area contributed by atoms with Gasteiger partial charge in [-0.25, -0.2) is 9.97 Å². The van der Waals surface area contributed by atoms with Crippen LogP contribution in [-0.2, 0) is 7.05 Å². The minimum absolute atomic E-state index is 0.183. The lowest BCUT2D eigenvalue weighted by Crippen LogP contribution is -2.08. The Kier molecular flexibility index (Phi) is 2.51. The highest BCUT2D eigenvalue weighted by Gasteiger charge is 2.13. The first kappa shape index (κ1) is 9.86. The Morgan fingerprint density at radius 1 is 1.47 bits per heavy atom. The van der Waals surface area contributed by atoms with Crippen LogP contribution in [0.15, 0.2) is 30.7 Å². The number of hydrogen-bond donors (Lipinski definition) is 0. The monoisotopic (exact) mass is 221 g/mol. The number of hydrogen-bond acceptors (Lipinski definition) is 3. The molecule has 0 bridgehead atoms. The number of carbonyl (C=O) groups is 1. The van der Waals surface area contributed by atoms with Crippen LogP contribution in [0.5, 0.6) is 0 Å². The van der Waals surface area contributed by atoms with E-state index in [9.17, 15) is 4.79 Å². The summed E-state index contributed by atoms with van der Waals surface area (Å²) < 4.78 is 1.64. The average Bonchev–Trinajstić information content (AvgIpc) is 2.63. The van der Waals surface area contributed by atoms with Crippen molar-refractivity contribution in [2.75, 3.05) is 0 Å². The second-order valence-corrected chi connectivity index (χ2v) is 3.45. The lowest BCUT2D eigenvalue weighted by Gasteiger charge is -2.00. The van der Waals surface area contributed by atoms with Crippen molar-refractivity contribution >= 4 is 17.4 Å². The molecule has 0 fully saturated rings. The highest BCUT2D eigenvalue weighted by atomic mass is 35.5. The number of aromatic nitrogens is 3. The summed E-state index contributed by atoms with van der Waals surface area (Å²) in [5, 5.41) is 0.308. The van der Waals surface area contributed by atoms with E-state index in [-0.39, 0.29) is 5.78 Å². The van der Waals surface area contributed by atoms with Crippen LogP contribution in [0.1, 0.15) is 16.2 Å². The summed E-state index contributed by atoms with van der Waals surface area (Å²) in [7, 11) is 1.75. The third-order valence-corrected chi connectivity index (χ3v) is 2.21. The highest BCUT2D eigenvalue weighted by Crippen LogP contribution is 2.09. The van der Waals surface area contributed by atoms with E-state index in [2.05, 4.69) is 9.97 Å². The van der Waals surface area contributed by atoms with Gasteiger partial charge in [0.25, 0.3) is 0 Å². The fourth-order valence-electron chi connectivity index (χ4n) is 1.24. The van der Waals surface area contributed by atoms with Crippen molar-refractivity contribution < 1.29 is 4.79 Å². The lowest BCUT2D eigenvalue weighted by molar-refractivity contribution is 0.102. The average molecular weight is 222 g/mol. The highest BCUT2D eigenvalue weighted by molar-refractivity contribution is 6.29. The van der Waals surface area contributed by atoms with E-state index in [0.29, 0.717) is 16.5 Å². The summed E-state index contributed by atoms with van der Waals surface area (Å²) in [6.45, 7) is 0. The van der Waals surface area contributed by atoms with Gasteiger partial charge in [0, 0.05) is 7.05 Å². The van der Waals surface area contributed by atoms with Crippen molar-refractivity contribution in [3.63, 3.8) is 0 Å². The Balaban J connectivity index is 2.41. The molecule has 2 heterocycles. The minimum Gasteiger partial charge on any atom is -0.331 e. The molecule has 0 N–H and O–H groups in total. The molecule has 0 saturated carbocycles. The first-order valence-electron chi connectivity index (χ1n) is 4.32. The van der Waals surface area contributed by atoms with Crippen LogP contribution >= 0.6 is 11.6 Å². The first-order valence-corrected chi connectivity index (χ1v) is 4.70. The normalized spacial score (nSPS) is 10.3. The Labute approximate surface area is 91.5 Å². The van der Waals surface area contributed by atoms with Crippen molar-refractivity contribution in [2.24, 2.45) is 7.05 Å². The van der Waals surface area contributed by atoms with Crippen molar-refractivity contribution in [3.8, 4) is 0 Å². The van der Waals surface area contributed by atoms with Gasteiger partial charge in [-0.1, -0.05) is 17.7 Å². The summed E-state index contributed by atoms with van der Waals surface area (Å²) >= 11 is 5.70. The van der Waals surface area contributed by atoms with E-state index >= 15 is 0 Å². The number of ketones is 1. The Hall–Kier alpha value is -1.68. The number of nitrogens with zero attached hydrogens (tertiary/aromatic N) is 3. The molecule has 0 unspecified atom stereocenters. The van der Waals surface area contributed by atoms with Gasteiger partial charge in [0.2, 0.25) is 5.78 Å². The Bertz CT molecular complexity index is 507. The summed E-state index contributed by atoms with van der Waals surface area (Å²) in [6.07, 6.45) is 3.07. The van der Waals surface area contributed by atoms with Crippen LogP contribution < -0.4 is 0 Å². The molecule has 0 aliphatic heterocycles. The number of halogens is 1. The molecule has 0 radical (unpaired) electrons. The van der Waals surface area contributed by atoms with E-state index in [1.807, 2.05) is 0 Å². The van der Waals surface area contributed by atoms with Crippen LogP contribution in [-0.4, -0.2) is 20.3 Å². The van der Waals surface area contributed by atoms with E-state index in [0.717, 1.165) is 0 Å². The van der Waals surface area contributed by atoms with Gasteiger partial charge in [-0.15, -0.1) is 0 Å². The predicted molar refractivity (Wildman–Crippen MR) is 55.9 cm³/mol. The van der Waals surface area contributed by atoms with Crippen molar-refractivity contribution in [1.29, 1.82) is 0 Å².